The molecule has 3 rings (SSSR count). The summed E-state index contributed by atoms with van der Waals surface area (Å²) in [4.78, 5) is 21.7. The van der Waals surface area contributed by atoms with Crippen molar-refractivity contribution in [3.63, 3.8) is 0 Å². The van der Waals surface area contributed by atoms with Crippen LogP contribution >= 0.6 is 0 Å². The first kappa shape index (κ1) is 20.1. The molecular formula is C21H34N4O2. The molecular weight excluding hydrogens is 340 g/mol. The number of aliphatic hydroxyl groups excluding tert-OH is 1. The van der Waals surface area contributed by atoms with Crippen molar-refractivity contribution in [2.45, 2.75) is 6.42 Å². The Bertz CT molecular complexity index is 597. The minimum Gasteiger partial charge on any atom is -0.396 e. The number of para-hydroxylation sites is 1. The molecule has 0 spiro atoms. The molecule has 0 aromatic heterocycles. The molecule has 150 valence electrons. The second-order valence-electron chi connectivity index (χ2n) is 8.15. The Balaban J connectivity index is 1.54. The third-order valence-electron chi connectivity index (χ3n) is 6.04. The van der Waals surface area contributed by atoms with Gasteiger partial charge in [0.25, 0.3) is 0 Å². The lowest BCUT2D eigenvalue weighted by atomic mass is 9.96. The molecule has 0 aliphatic carbocycles. The number of amides is 1. The third kappa shape index (κ3) is 5.43. The van der Waals surface area contributed by atoms with Gasteiger partial charge in [0.2, 0.25) is 5.91 Å². The highest BCUT2D eigenvalue weighted by Gasteiger charge is 2.36. The van der Waals surface area contributed by atoms with Gasteiger partial charge < -0.3 is 24.7 Å². The van der Waals surface area contributed by atoms with E-state index in [0.717, 1.165) is 45.0 Å². The quantitative estimate of drug-likeness (QED) is 0.799. The van der Waals surface area contributed by atoms with Gasteiger partial charge in [-0.3, -0.25) is 4.79 Å². The molecule has 2 aliphatic heterocycles. The molecule has 0 saturated carbocycles. The molecule has 2 saturated heterocycles. The normalized spacial score (nSPS) is 24.8. The number of carbonyl (C=O) groups is 1. The van der Waals surface area contributed by atoms with Gasteiger partial charge in [0.05, 0.1) is 6.54 Å². The van der Waals surface area contributed by atoms with Gasteiger partial charge in [-0.1, -0.05) is 18.2 Å². The molecule has 1 aromatic carbocycles. The van der Waals surface area contributed by atoms with Crippen molar-refractivity contribution in [2.75, 3.05) is 78.0 Å². The zero-order chi connectivity index (χ0) is 19.2. The number of anilines is 1. The number of rotatable bonds is 6. The van der Waals surface area contributed by atoms with Gasteiger partial charge in [-0.05, 0) is 44.6 Å². The van der Waals surface area contributed by atoms with E-state index in [0.29, 0.717) is 19.0 Å². The highest BCUT2D eigenvalue weighted by Crippen LogP contribution is 2.25. The maximum atomic E-state index is 12.8. The topological polar surface area (TPSA) is 50.3 Å². The average Bonchev–Trinajstić information content (AvgIpc) is 2.98. The monoisotopic (exact) mass is 374 g/mol. The van der Waals surface area contributed by atoms with Crippen LogP contribution in [-0.2, 0) is 4.79 Å². The van der Waals surface area contributed by atoms with Crippen molar-refractivity contribution in [3.05, 3.63) is 30.3 Å². The molecule has 1 aromatic rings. The summed E-state index contributed by atoms with van der Waals surface area (Å²) in [6, 6.07) is 10.0. The SMILES string of the molecule is CN1CCCN(CC2CN(C(=O)CN(C)c3ccccc3)CC2CO)CC1. The molecule has 0 bridgehead atoms. The van der Waals surface area contributed by atoms with E-state index < -0.39 is 0 Å². The second-order valence-corrected chi connectivity index (χ2v) is 8.15. The van der Waals surface area contributed by atoms with Crippen LogP contribution in [0.5, 0.6) is 0 Å². The number of hydrogen-bond donors (Lipinski definition) is 1. The Labute approximate surface area is 163 Å². The first-order chi connectivity index (χ1) is 13.1. The summed E-state index contributed by atoms with van der Waals surface area (Å²) in [6.07, 6.45) is 1.19. The van der Waals surface area contributed by atoms with Gasteiger partial charge in [-0.2, -0.15) is 0 Å². The summed E-state index contributed by atoms with van der Waals surface area (Å²) in [5.74, 6) is 0.708. The van der Waals surface area contributed by atoms with Crippen LogP contribution < -0.4 is 4.90 Å². The van der Waals surface area contributed by atoms with Crippen LogP contribution in [0.25, 0.3) is 0 Å². The molecule has 2 heterocycles. The minimum atomic E-state index is 0.151. The number of likely N-dealkylation sites (N-methyl/N-ethyl adjacent to an activating group) is 2. The van der Waals surface area contributed by atoms with Crippen molar-refractivity contribution in [1.82, 2.24) is 14.7 Å². The smallest absolute Gasteiger partial charge is 0.242 e. The minimum absolute atomic E-state index is 0.151. The van der Waals surface area contributed by atoms with Gasteiger partial charge in [-0.25, -0.2) is 0 Å². The zero-order valence-corrected chi connectivity index (χ0v) is 16.8. The van der Waals surface area contributed by atoms with E-state index in [4.69, 9.17) is 0 Å². The number of aliphatic hydroxyl groups is 1. The Morgan fingerprint density at radius 3 is 2.59 bits per heavy atom. The van der Waals surface area contributed by atoms with E-state index in [9.17, 15) is 9.90 Å². The molecule has 2 fully saturated rings. The van der Waals surface area contributed by atoms with Crippen LogP contribution in [0.1, 0.15) is 6.42 Å². The molecule has 1 amide bonds. The van der Waals surface area contributed by atoms with Crippen LogP contribution in [0.2, 0.25) is 0 Å². The predicted octanol–water partition coefficient (Wildman–Crippen LogP) is 0.827. The van der Waals surface area contributed by atoms with E-state index in [-0.39, 0.29) is 18.4 Å². The van der Waals surface area contributed by atoms with Crippen LogP contribution in [0, 0.1) is 11.8 Å². The number of benzene rings is 1. The fourth-order valence-corrected chi connectivity index (χ4v) is 4.25. The van der Waals surface area contributed by atoms with Crippen molar-refractivity contribution < 1.29 is 9.90 Å². The van der Waals surface area contributed by atoms with Crippen molar-refractivity contribution in [3.8, 4) is 0 Å². The van der Waals surface area contributed by atoms with Gasteiger partial charge in [0, 0.05) is 58.0 Å². The van der Waals surface area contributed by atoms with Crippen molar-refractivity contribution in [2.24, 2.45) is 11.8 Å². The first-order valence-electron chi connectivity index (χ1n) is 10.1. The Morgan fingerprint density at radius 2 is 1.85 bits per heavy atom. The number of likely N-dealkylation sites (tertiary alicyclic amines) is 1. The highest BCUT2D eigenvalue weighted by atomic mass is 16.3. The standard InChI is InChI=1S/C21H34N4O2/c1-22-9-6-10-24(12-11-22)13-18-14-25(15-19(18)17-26)21(27)16-23(2)20-7-4-3-5-8-20/h3-5,7-8,18-19,26H,6,9-17H2,1-2H3. The van der Waals surface area contributed by atoms with E-state index in [2.05, 4.69) is 16.8 Å². The van der Waals surface area contributed by atoms with Crippen LogP contribution in [0.15, 0.2) is 30.3 Å². The van der Waals surface area contributed by atoms with Crippen LogP contribution in [0.3, 0.4) is 0 Å². The van der Waals surface area contributed by atoms with E-state index in [1.54, 1.807) is 0 Å². The van der Waals surface area contributed by atoms with Gasteiger partial charge >= 0.3 is 0 Å². The largest absolute Gasteiger partial charge is 0.396 e. The van der Waals surface area contributed by atoms with Crippen molar-refractivity contribution >= 4 is 11.6 Å². The second kappa shape index (κ2) is 9.53. The van der Waals surface area contributed by atoms with Gasteiger partial charge in [-0.15, -0.1) is 0 Å². The number of nitrogens with zero attached hydrogens (tertiary/aromatic N) is 4. The lowest BCUT2D eigenvalue weighted by molar-refractivity contribution is -0.128. The maximum absolute atomic E-state index is 12.8. The molecule has 2 atom stereocenters. The van der Waals surface area contributed by atoms with Crippen LogP contribution in [0.4, 0.5) is 5.69 Å². The molecule has 1 N–H and O–H groups in total. The van der Waals surface area contributed by atoms with Crippen molar-refractivity contribution in [1.29, 1.82) is 0 Å². The molecule has 6 heteroatoms. The number of carbonyl (C=O) groups excluding carboxylic acids is 1. The van der Waals surface area contributed by atoms with E-state index in [1.165, 1.54) is 6.42 Å². The van der Waals surface area contributed by atoms with Gasteiger partial charge in [0.1, 0.15) is 0 Å². The fraction of sp³-hybridized carbons (Fsp3) is 0.667. The molecule has 27 heavy (non-hydrogen) atoms. The summed E-state index contributed by atoms with van der Waals surface area (Å²) >= 11 is 0. The Hall–Kier alpha value is -1.63. The zero-order valence-electron chi connectivity index (χ0n) is 16.8. The number of hydrogen-bond acceptors (Lipinski definition) is 5. The van der Waals surface area contributed by atoms with E-state index in [1.807, 2.05) is 47.2 Å². The average molecular weight is 375 g/mol. The lowest BCUT2D eigenvalue weighted by Crippen LogP contribution is -2.39. The Morgan fingerprint density at radius 1 is 1.11 bits per heavy atom. The predicted molar refractivity (Wildman–Crippen MR) is 109 cm³/mol. The molecule has 0 radical (unpaired) electrons. The third-order valence-corrected chi connectivity index (χ3v) is 6.04. The maximum Gasteiger partial charge on any atom is 0.242 e. The molecule has 6 nitrogen and oxygen atoms in total. The lowest BCUT2D eigenvalue weighted by Gasteiger charge is -2.26. The van der Waals surface area contributed by atoms with Crippen LogP contribution in [-0.4, -0.2) is 98.8 Å². The summed E-state index contributed by atoms with van der Waals surface area (Å²) in [5, 5.41) is 9.85. The summed E-state index contributed by atoms with van der Waals surface area (Å²) in [6.45, 7) is 7.41. The first-order valence-corrected chi connectivity index (χ1v) is 10.1. The summed E-state index contributed by atoms with van der Waals surface area (Å²) in [5.41, 5.74) is 1.05. The Kier molecular flexibility index (Phi) is 7.10. The van der Waals surface area contributed by atoms with E-state index >= 15 is 0 Å². The highest BCUT2D eigenvalue weighted by molar-refractivity contribution is 5.81. The summed E-state index contributed by atoms with van der Waals surface area (Å²) in [7, 11) is 4.14. The van der Waals surface area contributed by atoms with Gasteiger partial charge in [0.15, 0.2) is 0 Å². The summed E-state index contributed by atoms with van der Waals surface area (Å²) < 4.78 is 0. The molecule has 2 unspecified atom stereocenters. The molecule has 2 aliphatic rings. The fourth-order valence-electron chi connectivity index (χ4n) is 4.25.